The van der Waals surface area contributed by atoms with Crippen molar-refractivity contribution in [1.82, 2.24) is 4.98 Å². The van der Waals surface area contributed by atoms with Crippen molar-refractivity contribution in [1.29, 1.82) is 0 Å². The van der Waals surface area contributed by atoms with Crippen molar-refractivity contribution in [2.24, 2.45) is 0 Å². The molecule has 0 atom stereocenters. The van der Waals surface area contributed by atoms with Crippen molar-refractivity contribution in [2.75, 3.05) is 5.32 Å². The summed E-state index contributed by atoms with van der Waals surface area (Å²) in [5, 5.41) is 3.05. The molecule has 2 aromatic heterocycles. The number of nitrogens with zero attached hydrogens (tertiary/aromatic N) is 1. The molecule has 4 heteroatoms. The molecule has 0 aliphatic rings. The molecule has 0 saturated heterocycles. The molecule has 0 saturated carbocycles. The Morgan fingerprint density at radius 2 is 2.29 bits per heavy atom. The van der Waals surface area contributed by atoms with Crippen molar-refractivity contribution in [3.63, 3.8) is 0 Å². The fraction of sp³-hybridized carbons (Fsp3) is 0.100. The maximum atomic E-state index is 12.4. The van der Waals surface area contributed by atoms with E-state index in [1.165, 1.54) is 12.3 Å². The molecule has 0 radical (unpaired) electrons. The molecule has 0 fully saturated rings. The van der Waals surface area contributed by atoms with Crippen LogP contribution in [0, 0.1) is 5.95 Å². The number of furan rings is 1. The molecule has 2 heterocycles. The highest BCUT2D eigenvalue weighted by atomic mass is 19.1. The van der Waals surface area contributed by atoms with Crippen LogP contribution in [0.5, 0.6) is 0 Å². The van der Waals surface area contributed by atoms with E-state index >= 15 is 0 Å². The SMILES string of the molecule is Fc1ccc(NCc2ccco2)cn1. The Morgan fingerprint density at radius 1 is 1.36 bits per heavy atom. The summed E-state index contributed by atoms with van der Waals surface area (Å²) in [4.78, 5) is 3.52. The fourth-order valence-electron chi connectivity index (χ4n) is 1.08. The number of hydrogen-bond donors (Lipinski definition) is 1. The maximum Gasteiger partial charge on any atom is 0.212 e. The molecule has 0 amide bonds. The summed E-state index contributed by atoms with van der Waals surface area (Å²) >= 11 is 0. The third-order valence-electron chi connectivity index (χ3n) is 1.77. The molecule has 3 nitrogen and oxygen atoms in total. The summed E-state index contributed by atoms with van der Waals surface area (Å²) in [6, 6.07) is 6.62. The average Bonchev–Trinajstić information content (AvgIpc) is 2.70. The van der Waals surface area contributed by atoms with Gasteiger partial charge in [0.15, 0.2) is 0 Å². The Morgan fingerprint density at radius 3 is 2.93 bits per heavy atom. The van der Waals surface area contributed by atoms with Gasteiger partial charge in [0.1, 0.15) is 5.76 Å². The molecule has 0 bridgehead atoms. The Balaban J connectivity index is 1.95. The summed E-state index contributed by atoms with van der Waals surface area (Å²) in [5.41, 5.74) is 0.766. The van der Waals surface area contributed by atoms with E-state index in [9.17, 15) is 4.39 Å². The van der Waals surface area contributed by atoms with Crippen LogP contribution < -0.4 is 5.32 Å². The lowest BCUT2D eigenvalue weighted by Crippen LogP contribution is -1.98. The van der Waals surface area contributed by atoms with E-state index in [4.69, 9.17) is 4.42 Å². The normalized spacial score (nSPS) is 10.1. The van der Waals surface area contributed by atoms with Crippen LogP contribution in [0.4, 0.5) is 10.1 Å². The zero-order chi connectivity index (χ0) is 9.80. The molecule has 0 aromatic carbocycles. The minimum atomic E-state index is -0.478. The first-order chi connectivity index (χ1) is 6.84. The van der Waals surface area contributed by atoms with Crippen LogP contribution in [-0.4, -0.2) is 4.98 Å². The van der Waals surface area contributed by atoms with Gasteiger partial charge in [0.2, 0.25) is 5.95 Å². The minimum Gasteiger partial charge on any atom is -0.467 e. The lowest BCUT2D eigenvalue weighted by atomic mass is 10.4. The summed E-state index contributed by atoms with van der Waals surface area (Å²) in [6.07, 6.45) is 3.05. The zero-order valence-electron chi connectivity index (χ0n) is 7.40. The van der Waals surface area contributed by atoms with Crippen LogP contribution >= 0.6 is 0 Å². The Kier molecular flexibility index (Phi) is 2.44. The number of hydrogen-bond acceptors (Lipinski definition) is 3. The third kappa shape index (κ3) is 2.10. The van der Waals surface area contributed by atoms with Gasteiger partial charge in [0, 0.05) is 0 Å². The topological polar surface area (TPSA) is 38.1 Å². The predicted octanol–water partition coefficient (Wildman–Crippen LogP) is 2.43. The van der Waals surface area contributed by atoms with Crippen LogP contribution in [-0.2, 0) is 6.54 Å². The van der Waals surface area contributed by atoms with Gasteiger partial charge in [-0.25, -0.2) is 4.98 Å². The molecule has 0 unspecified atom stereocenters. The standard InChI is InChI=1S/C10H9FN2O/c11-10-4-3-8(6-13-10)12-7-9-2-1-5-14-9/h1-6,12H,7H2. The zero-order valence-corrected chi connectivity index (χ0v) is 7.40. The number of pyridine rings is 1. The lowest BCUT2D eigenvalue weighted by Gasteiger charge is -2.02. The van der Waals surface area contributed by atoms with Gasteiger partial charge in [-0.3, -0.25) is 0 Å². The van der Waals surface area contributed by atoms with Crippen molar-refractivity contribution in [3.05, 3.63) is 48.4 Å². The second-order valence-electron chi connectivity index (χ2n) is 2.80. The third-order valence-corrected chi connectivity index (χ3v) is 1.77. The van der Waals surface area contributed by atoms with Crippen LogP contribution in [0.3, 0.4) is 0 Å². The van der Waals surface area contributed by atoms with E-state index in [1.807, 2.05) is 12.1 Å². The molecule has 72 valence electrons. The van der Waals surface area contributed by atoms with Gasteiger partial charge in [-0.05, 0) is 24.3 Å². The smallest absolute Gasteiger partial charge is 0.212 e. The largest absolute Gasteiger partial charge is 0.467 e. The van der Waals surface area contributed by atoms with Gasteiger partial charge in [0.05, 0.1) is 24.7 Å². The second kappa shape index (κ2) is 3.91. The predicted molar refractivity (Wildman–Crippen MR) is 50.2 cm³/mol. The first-order valence-corrected chi connectivity index (χ1v) is 4.22. The number of halogens is 1. The number of anilines is 1. The van der Waals surface area contributed by atoms with Crippen molar-refractivity contribution >= 4 is 5.69 Å². The molecule has 1 N–H and O–H groups in total. The summed E-state index contributed by atoms with van der Waals surface area (Å²) in [5.74, 6) is 0.350. The van der Waals surface area contributed by atoms with Crippen molar-refractivity contribution in [3.8, 4) is 0 Å². The first-order valence-electron chi connectivity index (χ1n) is 4.22. The highest BCUT2D eigenvalue weighted by molar-refractivity contribution is 5.39. The second-order valence-corrected chi connectivity index (χ2v) is 2.80. The van der Waals surface area contributed by atoms with Crippen molar-refractivity contribution < 1.29 is 8.81 Å². The first kappa shape index (κ1) is 8.74. The molecular weight excluding hydrogens is 183 g/mol. The number of rotatable bonds is 3. The van der Waals surface area contributed by atoms with Crippen LogP contribution in [0.1, 0.15) is 5.76 Å². The van der Waals surface area contributed by atoms with Crippen LogP contribution in [0.2, 0.25) is 0 Å². The minimum absolute atomic E-state index is 0.478. The number of nitrogens with one attached hydrogen (secondary N) is 1. The van der Waals surface area contributed by atoms with E-state index < -0.39 is 5.95 Å². The van der Waals surface area contributed by atoms with Gasteiger partial charge in [0.25, 0.3) is 0 Å². The van der Waals surface area contributed by atoms with Crippen LogP contribution in [0.15, 0.2) is 41.1 Å². The molecule has 0 aliphatic carbocycles. The molecule has 14 heavy (non-hydrogen) atoms. The maximum absolute atomic E-state index is 12.4. The molecule has 0 spiro atoms. The monoisotopic (exact) mass is 192 g/mol. The Hall–Kier alpha value is -1.84. The van der Waals surface area contributed by atoms with E-state index in [1.54, 1.807) is 12.3 Å². The fourth-order valence-corrected chi connectivity index (χ4v) is 1.08. The van der Waals surface area contributed by atoms with Gasteiger partial charge < -0.3 is 9.73 Å². The summed E-state index contributed by atoms with van der Waals surface area (Å²) in [6.45, 7) is 0.570. The van der Waals surface area contributed by atoms with E-state index in [2.05, 4.69) is 10.3 Å². The van der Waals surface area contributed by atoms with E-state index in [-0.39, 0.29) is 0 Å². The van der Waals surface area contributed by atoms with Crippen LogP contribution in [0.25, 0.3) is 0 Å². The summed E-state index contributed by atoms with van der Waals surface area (Å²) in [7, 11) is 0. The van der Waals surface area contributed by atoms with Gasteiger partial charge >= 0.3 is 0 Å². The molecule has 0 aliphatic heterocycles. The van der Waals surface area contributed by atoms with E-state index in [0.717, 1.165) is 11.4 Å². The van der Waals surface area contributed by atoms with Gasteiger partial charge in [-0.15, -0.1) is 0 Å². The quantitative estimate of drug-likeness (QED) is 0.759. The molecular formula is C10H9FN2O. The highest BCUT2D eigenvalue weighted by Gasteiger charge is 1.96. The summed E-state index contributed by atoms with van der Waals surface area (Å²) < 4.78 is 17.6. The Bertz CT molecular complexity index is 383. The van der Waals surface area contributed by atoms with Crippen molar-refractivity contribution in [2.45, 2.75) is 6.54 Å². The van der Waals surface area contributed by atoms with Gasteiger partial charge in [-0.2, -0.15) is 4.39 Å². The molecule has 2 rings (SSSR count). The Labute approximate surface area is 80.6 Å². The van der Waals surface area contributed by atoms with Gasteiger partial charge in [-0.1, -0.05) is 0 Å². The average molecular weight is 192 g/mol. The number of aromatic nitrogens is 1. The molecule has 2 aromatic rings. The lowest BCUT2D eigenvalue weighted by molar-refractivity contribution is 0.518. The van der Waals surface area contributed by atoms with E-state index in [0.29, 0.717) is 6.54 Å². The highest BCUT2D eigenvalue weighted by Crippen LogP contribution is 2.08.